The van der Waals surface area contributed by atoms with Crippen molar-refractivity contribution in [2.24, 2.45) is 0 Å². The van der Waals surface area contributed by atoms with Crippen LogP contribution >= 0.6 is 0 Å². The number of nitrogens with zero attached hydrogens (tertiary/aromatic N) is 2. The maximum absolute atomic E-state index is 15.4. The van der Waals surface area contributed by atoms with Crippen LogP contribution in [0.2, 0.25) is 0 Å². The highest BCUT2D eigenvalue weighted by molar-refractivity contribution is 5.80. The van der Waals surface area contributed by atoms with Gasteiger partial charge >= 0.3 is 6.18 Å². The molecule has 6 nitrogen and oxygen atoms in total. The van der Waals surface area contributed by atoms with Gasteiger partial charge in [-0.1, -0.05) is 105 Å². The van der Waals surface area contributed by atoms with Crippen LogP contribution in [0.3, 0.4) is 0 Å². The number of aliphatic hydroxyl groups is 2. The summed E-state index contributed by atoms with van der Waals surface area (Å²) in [5, 5.41) is 23.7. The van der Waals surface area contributed by atoms with Crippen LogP contribution in [0.15, 0.2) is 24.3 Å². The second-order valence-electron chi connectivity index (χ2n) is 15.5. The Morgan fingerprint density at radius 3 is 1.41 bits per heavy atom. The number of alkyl halides is 3. The number of aliphatic hydroxyl groups excluding tert-OH is 1. The molecule has 9 heteroatoms. The fraction of sp³-hybridized carbons (Fsp3) is 0.600. The zero-order valence-electron chi connectivity index (χ0n) is 33.1. The molecule has 0 aromatic carbocycles. The van der Waals surface area contributed by atoms with Crippen molar-refractivity contribution in [1.29, 1.82) is 0 Å². The van der Waals surface area contributed by atoms with Crippen molar-refractivity contribution in [3.63, 3.8) is 0 Å². The molecule has 5 heterocycles. The van der Waals surface area contributed by atoms with Crippen molar-refractivity contribution in [2.45, 2.75) is 174 Å². The summed E-state index contributed by atoms with van der Waals surface area (Å²) in [6, 6.07) is 8.18. The summed E-state index contributed by atoms with van der Waals surface area (Å²) in [5.41, 5.74) is 3.21. The number of H-pyrrole nitrogens is 2. The predicted octanol–water partition coefficient (Wildman–Crippen LogP) is 12.5. The van der Waals surface area contributed by atoms with E-state index >= 15 is 13.2 Å². The first-order chi connectivity index (χ1) is 26.1. The van der Waals surface area contributed by atoms with E-state index in [1.54, 1.807) is 6.08 Å². The van der Waals surface area contributed by atoms with Crippen molar-refractivity contribution in [2.75, 3.05) is 0 Å². The number of aryl methyl sites for hydroxylation is 3. The number of aromatic amines is 2. The fourth-order valence-electron chi connectivity index (χ4n) is 8.10. The first kappa shape index (κ1) is 41.7. The highest BCUT2D eigenvalue weighted by Gasteiger charge is 2.65. The Balaban J connectivity index is 1.90. The smallest absolute Gasteiger partial charge is 0.383 e. The SMILES string of the molecule is CCCCCCc1c2nc(c(CCCCCC)c3ccc([nH]3)c(CCCCCC)c3ccc([nH]3)c(CCCCCC)c3nc1C(O)(C(F)(F)F)C3O)C=C2. The van der Waals surface area contributed by atoms with Crippen molar-refractivity contribution in [3.8, 4) is 0 Å². The summed E-state index contributed by atoms with van der Waals surface area (Å²) in [6.45, 7) is 8.59. The van der Waals surface area contributed by atoms with Crippen LogP contribution in [-0.2, 0) is 31.3 Å². The van der Waals surface area contributed by atoms with E-state index in [-0.39, 0.29) is 17.7 Å². The number of nitrogens with one attached hydrogen (secondary N) is 2. The average molecular weight is 749 g/mol. The second-order valence-corrected chi connectivity index (χ2v) is 15.5. The topological polar surface area (TPSA) is 97.8 Å². The number of halogens is 3. The maximum atomic E-state index is 15.4. The normalized spacial score (nSPS) is 17.2. The molecule has 54 heavy (non-hydrogen) atoms. The Morgan fingerprint density at radius 1 is 0.556 bits per heavy atom. The van der Waals surface area contributed by atoms with Crippen LogP contribution < -0.4 is 0 Å². The molecule has 5 rings (SSSR count). The lowest BCUT2D eigenvalue weighted by atomic mass is 9.87. The van der Waals surface area contributed by atoms with Gasteiger partial charge < -0.3 is 20.2 Å². The standard InChI is InChI=1S/C45H63F3N4O2/c1-5-9-13-17-21-31-35-25-26-36(49-35)32(22-18-14-10-6-2)38-28-30-40(51-38)34(24-20-16-12-8-4)42-44(54,45(46,47)48)43(53)41(52-42)33(23-19-15-11-7-3)39-29-27-37(31)50-39/h25-30,43,49-50,53-54H,5-24H2,1-4H3. The molecule has 2 atom stereocenters. The second kappa shape index (κ2) is 19.4. The van der Waals surface area contributed by atoms with E-state index in [4.69, 9.17) is 9.97 Å². The Kier molecular flexibility index (Phi) is 15.0. The van der Waals surface area contributed by atoms with Gasteiger partial charge in [-0.2, -0.15) is 13.2 Å². The zero-order chi connectivity index (χ0) is 38.7. The highest BCUT2D eigenvalue weighted by atomic mass is 19.4. The van der Waals surface area contributed by atoms with Crippen LogP contribution in [0.5, 0.6) is 0 Å². The van der Waals surface area contributed by atoms with E-state index in [1.165, 1.54) is 0 Å². The van der Waals surface area contributed by atoms with Crippen LogP contribution in [0.1, 0.15) is 182 Å². The molecule has 0 saturated heterocycles. The number of hydrogen-bond acceptors (Lipinski definition) is 4. The van der Waals surface area contributed by atoms with Gasteiger partial charge in [0.1, 0.15) is 6.10 Å². The Labute approximate surface area is 320 Å². The highest BCUT2D eigenvalue weighted by Crippen LogP contribution is 2.52. The molecular formula is C45H63F3N4O2. The fourth-order valence-corrected chi connectivity index (χ4v) is 8.10. The van der Waals surface area contributed by atoms with Crippen LogP contribution in [-0.4, -0.2) is 36.3 Å². The molecule has 0 saturated carbocycles. The van der Waals surface area contributed by atoms with Crippen molar-refractivity contribution in [1.82, 2.24) is 19.9 Å². The lowest BCUT2D eigenvalue weighted by molar-refractivity contribution is -0.297. The van der Waals surface area contributed by atoms with E-state index < -0.39 is 23.6 Å². The van der Waals surface area contributed by atoms with Gasteiger partial charge in [0.15, 0.2) is 0 Å². The molecular weight excluding hydrogens is 686 g/mol. The molecule has 8 bridgehead atoms. The molecule has 3 aromatic rings. The van der Waals surface area contributed by atoms with Gasteiger partial charge in [0.05, 0.1) is 22.8 Å². The van der Waals surface area contributed by atoms with E-state index in [0.717, 1.165) is 137 Å². The molecule has 2 aliphatic rings. The van der Waals surface area contributed by atoms with E-state index in [0.29, 0.717) is 35.3 Å². The van der Waals surface area contributed by atoms with E-state index in [9.17, 15) is 10.2 Å². The predicted molar refractivity (Wildman–Crippen MR) is 216 cm³/mol. The molecule has 2 unspecified atom stereocenters. The quantitative estimate of drug-likeness (QED) is 0.0677. The molecule has 4 N–H and O–H groups in total. The summed E-state index contributed by atoms with van der Waals surface area (Å²) < 4.78 is 46.1. The monoisotopic (exact) mass is 748 g/mol. The largest absolute Gasteiger partial charge is 0.426 e. The number of rotatable bonds is 20. The number of aromatic nitrogens is 4. The number of fused-ring (bicyclic) bond motifs is 8. The summed E-state index contributed by atoms with van der Waals surface area (Å²) in [6.07, 6.45) is 14.0. The average Bonchev–Trinajstić information content (AvgIpc) is 3.97. The molecule has 3 aromatic heterocycles. The molecule has 0 fully saturated rings. The van der Waals surface area contributed by atoms with Gasteiger partial charge in [-0.05, 0) is 98.9 Å². The third kappa shape index (κ3) is 9.32. The molecule has 0 spiro atoms. The van der Waals surface area contributed by atoms with Crippen molar-refractivity contribution < 1.29 is 23.4 Å². The zero-order valence-corrected chi connectivity index (χ0v) is 33.1. The molecule has 0 radical (unpaired) electrons. The third-order valence-corrected chi connectivity index (χ3v) is 11.3. The summed E-state index contributed by atoms with van der Waals surface area (Å²) in [7, 11) is 0. The van der Waals surface area contributed by atoms with E-state index in [2.05, 4.69) is 49.8 Å². The van der Waals surface area contributed by atoms with Crippen LogP contribution in [0, 0.1) is 0 Å². The minimum Gasteiger partial charge on any atom is -0.383 e. The first-order valence-electron chi connectivity index (χ1n) is 21.0. The molecule has 0 aliphatic carbocycles. The first-order valence-corrected chi connectivity index (χ1v) is 21.0. The van der Waals surface area contributed by atoms with Crippen molar-refractivity contribution in [3.05, 3.63) is 69.3 Å². The van der Waals surface area contributed by atoms with Gasteiger partial charge in [-0.15, -0.1) is 0 Å². The van der Waals surface area contributed by atoms with Crippen molar-refractivity contribution >= 4 is 34.2 Å². The molecule has 0 amide bonds. The van der Waals surface area contributed by atoms with Gasteiger partial charge in [0, 0.05) is 33.2 Å². The molecule has 296 valence electrons. The lowest BCUT2D eigenvalue weighted by Crippen LogP contribution is -2.45. The summed E-state index contributed by atoms with van der Waals surface area (Å²) in [5.74, 6) is 0. The summed E-state index contributed by atoms with van der Waals surface area (Å²) >= 11 is 0. The lowest BCUT2D eigenvalue weighted by Gasteiger charge is -2.30. The van der Waals surface area contributed by atoms with Gasteiger partial charge in [-0.25, -0.2) is 4.98 Å². The van der Waals surface area contributed by atoms with E-state index in [1.807, 2.05) is 18.2 Å². The molecule has 2 aliphatic heterocycles. The number of unbranched alkanes of at least 4 members (excludes halogenated alkanes) is 12. The van der Waals surface area contributed by atoms with Crippen LogP contribution in [0.25, 0.3) is 34.2 Å². The minimum absolute atomic E-state index is 0.116. The minimum atomic E-state index is -5.19. The summed E-state index contributed by atoms with van der Waals surface area (Å²) in [4.78, 5) is 17.1. The van der Waals surface area contributed by atoms with Gasteiger partial charge in [0.25, 0.3) is 0 Å². The Bertz CT molecular complexity index is 1870. The maximum Gasteiger partial charge on any atom is 0.426 e. The van der Waals surface area contributed by atoms with Gasteiger partial charge in [0.2, 0.25) is 5.60 Å². The van der Waals surface area contributed by atoms with Gasteiger partial charge in [-0.3, -0.25) is 4.98 Å². The third-order valence-electron chi connectivity index (χ3n) is 11.3. The van der Waals surface area contributed by atoms with Crippen LogP contribution in [0.4, 0.5) is 13.2 Å². The Morgan fingerprint density at radius 2 is 0.944 bits per heavy atom. The Hall–Kier alpha value is -3.43. The number of hydrogen-bond donors (Lipinski definition) is 4.